The Morgan fingerprint density at radius 1 is 0.867 bits per heavy atom. The van der Waals surface area contributed by atoms with Gasteiger partial charge in [-0.05, 0) is 85.1 Å². The third kappa shape index (κ3) is 7.04. The predicted octanol–water partition coefficient (Wildman–Crippen LogP) is 7.29. The first kappa shape index (κ1) is 30.6. The monoisotopic (exact) mass is 628 g/mol. The van der Waals surface area contributed by atoms with Crippen molar-refractivity contribution in [2.24, 2.45) is 17.8 Å². The summed E-state index contributed by atoms with van der Waals surface area (Å²) in [5, 5.41) is 16.0. The van der Waals surface area contributed by atoms with Gasteiger partial charge in [-0.3, -0.25) is 0 Å². The second-order valence-electron chi connectivity index (χ2n) is 13.6. The third-order valence-electron chi connectivity index (χ3n) is 10.2. The van der Waals surface area contributed by atoms with Crippen LogP contribution in [0, 0.1) is 17.8 Å². The first-order valence-electron chi connectivity index (χ1n) is 16.4. The van der Waals surface area contributed by atoms with Crippen LogP contribution < -0.4 is 15.4 Å². The van der Waals surface area contributed by atoms with Gasteiger partial charge in [-0.15, -0.1) is 11.8 Å². The lowest BCUT2D eigenvalue weighted by Crippen LogP contribution is -2.61. The summed E-state index contributed by atoms with van der Waals surface area (Å²) < 4.78 is 18.6. The summed E-state index contributed by atoms with van der Waals surface area (Å²) in [4.78, 5) is 14.1. The number of ether oxygens (including phenoxy) is 3. The lowest BCUT2D eigenvalue weighted by Gasteiger charge is -2.56. The van der Waals surface area contributed by atoms with E-state index in [2.05, 4.69) is 16.7 Å². The number of hydrogen-bond donors (Lipinski definition) is 3. The number of methoxy groups -OCH3 is 1. The number of benzene rings is 3. The SMILES string of the molecule is COc1ccccc1SC[C@@H]1C[C@H](c2ccc(CO)cc2)O[C@H](c2ccc(CNC(=O)NC34CC5CC(CC(C5)C3)C4)cc2)O1. The number of rotatable bonds is 10. The van der Waals surface area contributed by atoms with Gasteiger partial charge in [0.25, 0.3) is 0 Å². The number of urea groups is 1. The van der Waals surface area contributed by atoms with Gasteiger partial charge in [-0.25, -0.2) is 4.79 Å². The Labute approximate surface area is 270 Å². The van der Waals surface area contributed by atoms with Crippen LogP contribution in [0.1, 0.15) is 79.6 Å². The van der Waals surface area contributed by atoms with Crippen molar-refractivity contribution < 1.29 is 24.1 Å². The van der Waals surface area contributed by atoms with Gasteiger partial charge in [0.2, 0.25) is 0 Å². The summed E-state index contributed by atoms with van der Waals surface area (Å²) in [5.41, 5.74) is 3.93. The van der Waals surface area contributed by atoms with E-state index >= 15 is 0 Å². The molecule has 4 bridgehead atoms. The minimum atomic E-state index is -0.522. The van der Waals surface area contributed by atoms with Crippen LogP contribution >= 0.6 is 11.8 Å². The minimum Gasteiger partial charge on any atom is -0.496 e. The van der Waals surface area contributed by atoms with Crippen LogP contribution in [-0.4, -0.2) is 35.6 Å². The third-order valence-corrected chi connectivity index (χ3v) is 11.4. The Balaban J connectivity index is 0.993. The Morgan fingerprint density at radius 2 is 1.51 bits per heavy atom. The zero-order valence-electron chi connectivity index (χ0n) is 26.0. The van der Waals surface area contributed by atoms with E-state index in [1.165, 1.54) is 19.3 Å². The number of para-hydroxylation sites is 1. The Kier molecular flexibility index (Phi) is 9.09. The molecule has 3 aromatic rings. The maximum Gasteiger partial charge on any atom is 0.315 e. The highest BCUT2D eigenvalue weighted by Gasteiger charge is 2.51. The van der Waals surface area contributed by atoms with Gasteiger partial charge in [0.15, 0.2) is 6.29 Å². The Hall–Kier alpha value is -3.04. The van der Waals surface area contributed by atoms with E-state index in [1.54, 1.807) is 18.9 Å². The second kappa shape index (κ2) is 13.4. The van der Waals surface area contributed by atoms with Crippen LogP contribution in [0.5, 0.6) is 5.75 Å². The molecule has 2 amide bonds. The fourth-order valence-electron chi connectivity index (χ4n) is 8.47. The van der Waals surface area contributed by atoms with Crippen molar-refractivity contribution >= 4 is 17.8 Å². The molecule has 1 saturated heterocycles. The van der Waals surface area contributed by atoms with E-state index in [-0.39, 0.29) is 30.4 Å². The molecule has 238 valence electrons. The molecule has 0 spiro atoms. The van der Waals surface area contributed by atoms with Gasteiger partial charge in [0.1, 0.15) is 5.75 Å². The van der Waals surface area contributed by atoms with Crippen molar-refractivity contribution in [3.63, 3.8) is 0 Å². The van der Waals surface area contributed by atoms with Gasteiger partial charge in [-0.1, -0.05) is 60.7 Å². The molecule has 7 nitrogen and oxygen atoms in total. The zero-order chi connectivity index (χ0) is 30.8. The number of amides is 2. The highest BCUT2D eigenvalue weighted by molar-refractivity contribution is 7.99. The average Bonchev–Trinajstić information content (AvgIpc) is 3.06. The first-order valence-corrected chi connectivity index (χ1v) is 17.4. The molecule has 4 saturated carbocycles. The van der Waals surface area contributed by atoms with Crippen molar-refractivity contribution in [1.29, 1.82) is 0 Å². The van der Waals surface area contributed by atoms with Crippen LogP contribution in [0.25, 0.3) is 0 Å². The molecular weight excluding hydrogens is 584 g/mol. The molecule has 5 fully saturated rings. The van der Waals surface area contributed by atoms with E-state index < -0.39 is 6.29 Å². The van der Waals surface area contributed by atoms with Crippen LogP contribution in [0.2, 0.25) is 0 Å². The van der Waals surface area contributed by atoms with E-state index in [0.29, 0.717) is 6.54 Å². The van der Waals surface area contributed by atoms with Crippen molar-refractivity contribution in [2.45, 2.75) is 87.0 Å². The fourth-order valence-corrected chi connectivity index (χ4v) is 9.52. The first-order chi connectivity index (χ1) is 22.0. The van der Waals surface area contributed by atoms with Crippen LogP contribution in [0.3, 0.4) is 0 Å². The van der Waals surface area contributed by atoms with Crippen molar-refractivity contribution in [1.82, 2.24) is 10.6 Å². The highest BCUT2D eigenvalue weighted by atomic mass is 32.2. The van der Waals surface area contributed by atoms with E-state index in [9.17, 15) is 9.90 Å². The quantitative estimate of drug-likeness (QED) is 0.204. The summed E-state index contributed by atoms with van der Waals surface area (Å²) in [7, 11) is 1.70. The number of carbonyl (C=O) groups is 1. The maximum atomic E-state index is 13.0. The number of carbonyl (C=O) groups excluding carboxylic acids is 1. The Bertz CT molecular complexity index is 1430. The topological polar surface area (TPSA) is 89.0 Å². The van der Waals surface area contributed by atoms with Gasteiger partial charge in [0.05, 0.1) is 25.9 Å². The fraction of sp³-hybridized carbons (Fsp3) is 0.486. The molecule has 3 aromatic carbocycles. The summed E-state index contributed by atoms with van der Waals surface area (Å²) in [6.07, 6.45) is 7.53. The highest BCUT2D eigenvalue weighted by Crippen LogP contribution is 2.55. The summed E-state index contributed by atoms with van der Waals surface area (Å²) in [5.74, 6) is 4.01. The molecule has 4 aliphatic carbocycles. The summed E-state index contributed by atoms with van der Waals surface area (Å²) in [6, 6.07) is 24.1. The normalized spacial score (nSPS) is 30.2. The van der Waals surface area contributed by atoms with Crippen LogP contribution in [0.15, 0.2) is 77.7 Å². The van der Waals surface area contributed by atoms with Gasteiger partial charge in [-0.2, -0.15) is 0 Å². The molecule has 0 radical (unpaired) electrons. The predicted molar refractivity (Wildman–Crippen MR) is 175 cm³/mol. The number of hydrogen-bond acceptors (Lipinski definition) is 6. The molecule has 3 atom stereocenters. The van der Waals surface area contributed by atoms with Gasteiger partial charge in [0, 0.05) is 34.7 Å². The second-order valence-corrected chi connectivity index (χ2v) is 14.6. The molecular formula is C37H44N2O5S. The molecule has 0 unspecified atom stereocenters. The number of nitrogens with one attached hydrogen (secondary N) is 2. The van der Waals surface area contributed by atoms with Crippen molar-refractivity contribution in [2.75, 3.05) is 12.9 Å². The number of thioether (sulfide) groups is 1. The maximum absolute atomic E-state index is 13.0. The van der Waals surface area contributed by atoms with Crippen LogP contribution in [-0.2, 0) is 22.6 Å². The lowest BCUT2D eigenvalue weighted by atomic mass is 9.53. The molecule has 8 heteroatoms. The molecule has 1 aliphatic heterocycles. The minimum absolute atomic E-state index is 0.00771. The standard InChI is InChI=1S/C37H44N2O5S/c1-42-32-4-2-3-5-34(32)45-23-31-17-33(29-10-8-25(22-40)9-11-29)44-35(43-31)30-12-6-24(7-13-30)21-38-36(41)39-37-18-26-14-27(19-37)16-28(15-26)20-37/h2-13,26-28,31,33,35,40H,14-23H2,1H3,(H2,38,39,41)/t26?,27?,28?,31-,33+,35+,37?/m0/s1. The molecule has 45 heavy (non-hydrogen) atoms. The molecule has 5 aliphatic rings. The van der Waals surface area contributed by atoms with Crippen LogP contribution in [0.4, 0.5) is 4.79 Å². The summed E-state index contributed by atoms with van der Waals surface area (Å²) >= 11 is 1.73. The molecule has 1 heterocycles. The smallest absolute Gasteiger partial charge is 0.315 e. The van der Waals surface area contributed by atoms with E-state index in [0.717, 1.165) is 82.1 Å². The number of aliphatic hydroxyl groups is 1. The van der Waals surface area contributed by atoms with Crippen molar-refractivity contribution in [3.05, 3.63) is 95.1 Å². The van der Waals surface area contributed by atoms with Gasteiger partial charge < -0.3 is 30.0 Å². The zero-order valence-corrected chi connectivity index (χ0v) is 26.8. The molecule has 8 rings (SSSR count). The average molecular weight is 629 g/mol. The largest absolute Gasteiger partial charge is 0.496 e. The van der Waals surface area contributed by atoms with E-state index in [1.807, 2.05) is 66.7 Å². The summed E-state index contributed by atoms with van der Waals surface area (Å²) in [6.45, 7) is 0.490. The molecule has 0 aromatic heterocycles. The number of aliphatic hydroxyl groups excluding tert-OH is 1. The lowest BCUT2D eigenvalue weighted by molar-refractivity contribution is -0.245. The van der Waals surface area contributed by atoms with Gasteiger partial charge >= 0.3 is 6.03 Å². The van der Waals surface area contributed by atoms with E-state index in [4.69, 9.17) is 14.2 Å². The Morgan fingerprint density at radius 3 is 2.18 bits per heavy atom. The van der Waals surface area contributed by atoms with Crippen molar-refractivity contribution in [3.8, 4) is 5.75 Å². The molecule has 3 N–H and O–H groups in total.